The zero-order valence-corrected chi connectivity index (χ0v) is 24.9. The van der Waals surface area contributed by atoms with Gasteiger partial charge in [-0.1, -0.05) is 127 Å². The average Bonchev–Trinajstić information content (AvgIpc) is 2.99. The minimum absolute atomic E-state index is 0. The second kappa shape index (κ2) is 13.2. The summed E-state index contributed by atoms with van der Waals surface area (Å²) in [5, 5.41) is 3.97. The SMILES string of the molecule is Br.Fc1ccc(-c2cc(F)ccc2-c2cccc(Cc3cccc(P(c4ccccc4)c4ccccc4)c3)c2)cc1. The maximum absolute atomic E-state index is 14.3. The molecular weight excluding hydrogens is 593 g/mol. The molecule has 41 heavy (non-hydrogen) atoms. The van der Waals surface area contributed by atoms with E-state index in [1.807, 2.05) is 12.1 Å². The summed E-state index contributed by atoms with van der Waals surface area (Å²) in [6.07, 6.45) is 0.779. The summed E-state index contributed by atoms with van der Waals surface area (Å²) < 4.78 is 27.8. The van der Waals surface area contributed by atoms with Gasteiger partial charge in [0, 0.05) is 0 Å². The van der Waals surface area contributed by atoms with Gasteiger partial charge in [-0.05, 0) is 87.9 Å². The molecule has 0 amide bonds. The van der Waals surface area contributed by atoms with Gasteiger partial charge in [0.25, 0.3) is 0 Å². The first kappa shape index (κ1) is 28.6. The van der Waals surface area contributed by atoms with Crippen molar-refractivity contribution in [1.29, 1.82) is 0 Å². The van der Waals surface area contributed by atoms with Crippen LogP contribution in [0.25, 0.3) is 22.3 Å². The smallest absolute Gasteiger partial charge is 0.123 e. The maximum Gasteiger partial charge on any atom is 0.123 e. The van der Waals surface area contributed by atoms with Crippen LogP contribution >= 0.6 is 24.9 Å². The number of halogens is 3. The zero-order valence-electron chi connectivity index (χ0n) is 22.3. The van der Waals surface area contributed by atoms with E-state index in [1.54, 1.807) is 18.2 Å². The van der Waals surface area contributed by atoms with E-state index >= 15 is 0 Å². The fraction of sp³-hybridized carbons (Fsp3) is 0.0270. The third kappa shape index (κ3) is 6.70. The quantitative estimate of drug-likeness (QED) is 0.156. The van der Waals surface area contributed by atoms with Crippen LogP contribution in [-0.4, -0.2) is 0 Å². The summed E-state index contributed by atoms with van der Waals surface area (Å²) >= 11 is 0. The molecule has 0 heterocycles. The van der Waals surface area contributed by atoms with Crippen molar-refractivity contribution in [3.05, 3.63) is 174 Å². The van der Waals surface area contributed by atoms with Gasteiger partial charge in [0.1, 0.15) is 11.6 Å². The van der Waals surface area contributed by atoms with E-state index in [0.717, 1.165) is 28.7 Å². The lowest BCUT2D eigenvalue weighted by Gasteiger charge is -2.20. The molecule has 0 nitrogen and oxygen atoms in total. The van der Waals surface area contributed by atoms with E-state index in [2.05, 4.69) is 97.1 Å². The number of hydrogen-bond acceptors (Lipinski definition) is 0. The Morgan fingerprint density at radius 3 is 1.63 bits per heavy atom. The Hall–Kier alpha value is -3.91. The van der Waals surface area contributed by atoms with Gasteiger partial charge in [0.15, 0.2) is 0 Å². The molecule has 0 saturated carbocycles. The standard InChI is InChI=1S/C37H27F2P.BrH/c38-31-19-17-29(18-20-31)37-26-32(39)21-22-36(37)30-11-7-9-27(24-30)23-28-10-8-16-35(25-28)40(33-12-3-1-4-13-33)34-14-5-2-6-15-34;/h1-22,24-26H,23H2;1H. The van der Waals surface area contributed by atoms with Gasteiger partial charge in [-0.15, -0.1) is 17.0 Å². The van der Waals surface area contributed by atoms with Crippen LogP contribution in [-0.2, 0) is 6.42 Å². The summed E-state index contributed by atoms with van der Waals surface area (Å²) in [4.78, 5) is 0. The van der Waals surface area contributed by atoms with Gasteiger partial charge in [-0.2, -0.15) is 0 Å². The van der Waals surface area contributed by atoms with Gasteiger partial charge in [-0.3, -0.25) is 0 Å². The first-order valence-corrected chi connectivity index (χ1v) is 14.6. The Bertz CT molecular complexity index is 1700. The van der Waals surface area contributed by atoms with Crippen LogP contribution in [0.1, 0.15) is 11.1 Å². The molecule has 6 aromatic rings. The minimum atomic E-state index is -0.677. The summed E-state index contributed by atoms with van der Waals surface area (Å²) in [7, 11) is -0.677. The molecular formula is C37H28BrF2P. The second-order valence-corrected chi connectivity index (χ2v) is 12.0. The normalized spacial score (nSPS) is 10.8. The van der Waals surface area contributed by atoms with Gasteiger partial charge in [0.05, 0.1) is 0 Å². The molecule has 0 N–H and O–H groups in total. The van der Waals surface area contributed by atoms with Crippen molar-refractivity contribution in [3.63, 3.8) is 0 Å². The zero-order chi connectivity index (χ0) is 27.3. The molecule has 0 unspecified atom stereocenters. The van der Waals surface area contributed by atoms with Gasteiger partial charge < -0.3 is 0 Å². The van der Waals surface area contributed by atoms with Crippen LogP contribution in [0, 0.1) is 11.6 Å². The highest BCUT2D eigenvalue weighted by atomic mass is 79.9. The summed E-state index contributed by atoms with van der Waals surface area (Å²) in [5.74, 6) is -0.626. The molecule has 0 aliphatic heterocycles. The Balaban J connectivity index is 0.00000337. The van der Waals surface area contributed by atoms with Crippen molar-refractivity contribution < 1.29 is 8.78 Å². The topological polar surface area (TPSA) is 0 Å². The molecule has 0 saturated heterocycles. The van der Waals surface area contributed by atoms with Crippen molar-refractivity contribution >= 4 is 40.8 Å². The van der Waals surface area contributed by atoms with Crippen molar-refractivity contribution in [1.82, 2.24) is 0 Å². The van der Waals surface area contributed by atoms with Crippen LogP contribution in [0.15, 0.2) is 152 Å². The van der Waals surface area contributed by atoms with Crippen LogP contribution in [0.2, 0.25) is 0 Å². The highest BCUT2D eigenvalue weighted by molar-refractivity contribution is 8.93. The third-order valence-corrected chi connectivity index (χ3v) is 9.40. The van der Waals surface area contributed by atoms with Crippen molar-refractivity contribution in [2.45, 2.75) is 6.42 Å². The average molecular weight is 622 g/mol. The molecule has 0 fully saturated rings. The number of rotatable bonds is 7. The van der Waals surface area contributed by atoms with E-state index in [4.69, 9.17) is 0 Å². The number of hydrogen-bond donors (Lipinski definition) is 0. The molecule has 0 spiro atoms. The molecule has 0 bridgehead atoms. The summed E-state index contributed by atoms with van der Waals surface area (Å²) in [6, 6.07) is 49.8. The van der Waals surface area contributed by atoms with E-state index in [9.17, 15) is 8.78 Å². The van der Waals surface area contributed by atoms with Crippen molar-refractivity contribution in [2.24, 2.45) is 0 Å². The van der Waals surface area contributed by atoms with E-state index < -0.39 is 7.92 Å². The van der Waals surface area contributed by atoms with E-state index in [1.165, 1.54) is 51.3 Å². The number of benzene rings is 6. The van der Waals surface area contributed by atoms with Crippen LogP contribution in [0.3, 0.4) is 0 Å². The first-order valence-electron chi connectivity index (χ1n) is 13.3. The van der Waals surface area contributed by atoms with E-state index in [0.29, 0.717) is 0 Å². The first-order chi connectivity index (χ1) is 19.6. The summed E-state index contributed by atoms with van der Waals surface area (Å²) in [5.41, 5.74) is 5.86. The predicted octanol–water partition coefficient (Wildman–Crippen LogP) is 9.23. The Kier molecular flexibility index (Phi) is 9.19. The highest BCUT2D eigenvalue weighted by Crippen LogP contribution is 2.35. The molecule has 0 atom stereocenters. The lowest BCUT2D eigenvalue weighted by atomic mass is 9.92. The fourth-order valence-electron chi connectivity index (χ4n) is 5.13. The molecule has 0 aliphatic carbocycles. The molecule has 0 aromatic heterocycles. The van der Waals surface area contributed by atoms with Crippen molar-refractivity contribution in [3.8, 4) is 22.3 Å². The largest absolute Gasteiger partial charge is 0.207 e. The van der Waals surface area contributed by atoms with Gasteiger partial charge in [-0.25, -0.2) is 8.78 Å². The molecule has 6 rings (SSSR count). The highest BCUT2D eigenvalue weighted by Gasteiger charge is 2.17. The molecule has 6 aromatic carbocycles. The third-order valence-electron chi connectivity index (χ3n) is 6.98. The van der Waals surface area contributed by atoms with Crippen LogP contribution < -0.4 is 15.9 Å². The molecule has 0 radical (unpaired) electrons. The summed E-state index contributed by atoms with van der Waals surface area (Å²) in [6.45, 7) is 0. The maximum atomic E-state index is 14.3. The Morgan fingerprint density at radius 1 is 0.415 bits per heavy atom. The molecule has 4 heteroatoms. The Labute approximate surface area is 251 Å². The fourth-order valence-corrected chi connectivity index (χ4v) is 7.49. The lowest BCUT2D eigenvalue weighted by Crippen LogP contribution is -2.20. The minimum Gasteiger partial charge on any atom is -0.207 e. The monoisotopic (exact) mass is 620 g/mol. The Morgan fingerprint density at radius 2 is 0.976 bits per heavy atom. The van der Waals surface area contributed by atoms with E-state index in [-0.39, 0.29) is 28.6 Å². The molecule has 0 aliphatic rings. The van der Waals surface area contributed by atoms with Crippen LogP contribution in [0.4, 0.5) is 8.78 Å². The van der Waals surface area contributed by atoms with Gasteiger partial charge >= 0.3 is 0 Å². The second-order valence-electron chi connectivity index (χ2n) is 9.75. The molecule has 202 valence electrons. The van der Waals surface area contributed by atoms with Crippen molar-refractivity contribution in [2.75, 3.05) is 0 Å². The van der Waals surface area contributed by atoms with Gasteiger partial charge in [0.2, 0.25) is 0 Å². The van der Waals surface area contributed by atoms with Crippen LogP contribution in [0.5, 0.6) is 0 Å². The lowest BCUT2D eigenvalue weighted by molar-refractivity contribution is 0.627. The predicted molar refractivity (Wildman–Crippen MR) is 176 cm³/mol.